The Labute approximate surface area is 255 Å². The molecule has 0 aromatic carbocycles. The Hall–Kier alpha value is 3.90. The second-order valence-electron chi connectivity index (χ2n) is 4.31. The van der Waals surface area contributed by atoms with Gasteiger partial charge in [0.1, 0.15) is 0 Å². The number of aliphatic hydroxyl groups excluding tert-OH is 4. The summed E-state index contributed by atoms with van der Waals surface area (Å²) in [4.78, 5) is 0. The average Bonchev–Trinajstić information content (AvgIpc) is 2.44. The zero-order chi connectivity index (χ0) is 16.5. The van der Waals surface area contributed by atoms with Gasteiger partial charge in [-0.3, -0.25) is 0 Å². The fourth-order valence-corrected chi connectivity index (χ4v) is 0.632. The Balaban J connectivity index is -0.0000000129. The fourth-order valence-electron chi connectivity index (χ4n) is 0.632. The van der Waals surface area contributed by atoms with Gasteiger partial charge < -0.3 is 20.4 Å². The van der Waals surface area contributed by atoms with Crippen molar-refractivity contribution in [1.29, 1.82) is 0 Å². The Morgan fingerprint density at radius 3 is 0.481 bits per heavy atom. The predicted octanol–water partition coefficient (Wildman–Crippen LogP) is 5.42. The largest absolute Gasteiger partial charge is 0.396 e. The van der Waals surface area contributed by atoms with Crippen LogP contribution in [0.2, 0.25) is 0 Å². The average molecular weight is 764 g/mol. The Kier molecular flexibility index (Phi) is 255. The van der Waals surface area contributed by atoms with Crippen LogP contribution in [0, 0.1) is 0 Å². The summed E-state index contributed by atoms with van der Waals surface area (Å²) in [5, 5.41) is 32.3. The van der Waals surface area contributed by atoms with Crippen LogP contribution < -0.4 is 0 Å². The van der Waals surface area contributed by atoms with Crippen LogP contribution in [0.15, 0.2) is 0 Å². The number of unbranched alkanes of at least 4 members (excludes halogenated alkanes) is 4. The topological polar surface area (TPSA) is 80.9 Å². The quantitative estimate of drug-likeness (QED) is 0.249. The van der Waals surface area contributed by atoms with Crippen molar-refractivity contribution < 1.29 is 85.6 Å². The molecule has 0 aromatic rings. The molecule has 4 N–H and O–H groups in total. The standard InChI is InChI=1S/4C4H10O.4BrH.3Ti/c4*1-2-3-4-5;;;;;;;/h4*5H,2-4H2,1H3;4*1H;;;. The smallest absolute Gasteiger partial charge is 0.0430 e. The van der Waals surface area contributed by atoms with Gasteiger partial charge in [0.05, 0.1) is 0 Å². The number of aliphatic hydroxyl groups is 4. The Bertz CT molecular complexity index is 97.7. The molecule has 11 heteroatoms. The third-order valence-electron chi connectivity index (χ3n) is 2.05. The molecule has 0 fully saturated rings. The van der Waals surface area contributed by atoms with E-state index in [4.69, 9.17) is 20.4 Å². The molecule has 0 aromatic heterocycles. The van der Waals surface area contributed by atoms with E-state index < -0.39 is 0 Å². The summed E-state index contributed by atoms with van der Waals surface area (Å²) >= 11 is 0. The van der Waals surface area contributed by atoms with Gasteiger partial charge in [0.2, 0.25) is 0 Å². The molecule has 0 bridgehead atoms. The zero-order valence-electron chi connectivity index (χ0n) is 17.4. The van der Waals surface area contributed by atoms with Crippen LogP contribution in [-0.4, -0.2) is 46.9 Å². The summed E-state index contributed by atoms with van der Waals surface area (Å²) < 4.78 is 0. The first-order valence-corrected chi connectivity index (χ1v) is 8.09. The molecule has 0 rings (SSSR count). The van der Waals surface area contributed by atoms with Crippen molar-refractivity contribution in [3.63, 3.8) is 0 Å². The molecule has 0 aliphatic heterocycles. The molecule has 0 spiro atoms. The third-order valence-corrected chi connectivity index (χ3v) is 2.05. The second-order valence-corrected chi connectivity index (χ2v) is 4.31. The minimum atomic E-state index is 0. The molecule has 0 heterocycles. The first-order valence-electron chi connectivity index (χ1n) is 8.09. The van der Waals surface area contributed by atoms with Gasteiger partial charge in [-0.2, -0.15) is 0 Å². The second kappa shape index (κ2) is 98.8. The molecule has 172 valence electrons. The van der Waals surface area contributed by atoms with Crippen LogP contribution in [0.5, 0.6) is 0 Å². The molecule has 0 radical (unpaired) electrons. The van der Waals surface area contributed by atoms with Gasteiger partial charge in [0, 0.05) is 91.6 Å². The summed E-state index contributed by atoms with van der Waals surface area (Å²) in [7, 11) is 0. The minimum Gasteiger partial charge on any atom is -0.396 e. The van der Waals surface area contributed by atoms with E-state index in [-0.39, 0.29) is 133 Å². The van der Waals surface area contributed by atoms with E-state index in [0.717, 1.165) is 51.4 Å². The van der Waals surface area contributed by atoms with Crippen molar-refractivity contribution in [3.05, 3.63) is 0 Å². The fraction of sp³-hybridized carbons (Fsp3) is 1.00. The number of halogens is 4. The van der Waals surface area contributed by atoms with Crippen molar-refractivity contribution in [2.24, 2.45) is 0 Å². The maximum Gasteiger partial charge on any atom is 0.0430 e. The maximum atomic E-state index is 8.07. The molecule has 0 saturated carbocycles. The molecule has 0 aliphatic carbocycles. The molecule has 0 atom stereocenters. The molecular weight excluding hydrogens is 719 g/mol. The van der Waals surface area contributed by atoms with E-state index in [1.165, 1.54) is 0 Å². The maximum absolute atomic E-state index is 8.07. The van der Waals surface area contributed by atoms with E-state index in [1.54, 1.807) is 0 Å². The van der Waals surface area contributed by atoms with Crippen molar-refractivity contribution >= 4 is 67.9 Å². The number of rotatable bonds is 8. The monoisotopic (exact) mass is 760 g/mol. The SMILES string of the molecule is Br.Br.Br.Br.CCCCO.CCCCO.CCCCO.CCCCO.[Ti].[Ti].[Ti]. The summed E-state index contributed by atoms with van der Waals surface area (Å²) in [5.41, 5.74) is 0. The van der Waals surface area contributed by atoms with Gasteiger partial charge in [0.15, 0.2) is 0 Å². The summed E-state index contributed by atoms with van der Waals surface area (Å²) in [6, 6.07) is 0. The van der Waals surface area contributed by atoms with Crippen molar-refractivity contribution in [2.45, 2.75) is 79.1 Å². The van der Waals surface area contributed by atoms with Crippen LogP contribution in [0.4, 0.5) is 0 Å². The van der Waals surface area contributed by atoms with Gasteiger partial charge in [-0.25, -0.2) is 0 Å². The van der Waals surface area contributed by atoms with Crippen LogP contribution in [-0.2, 0) is 65.2 Å². The Morgan fingerprint density at radius 2 is 0.481 bits per heavy atom. The molecule has 27 heavy (non-hydrogen) atoms. The summed E-state index contributed by atoms with van der Waals surface area (Å²) in [6.07, 6.45) is 8.15. The molecule has 0 amide bonds. The molecular formula is C16H44Br4O4Ti3. The zero-order valence-corrected chi connectivity index (χ0v) is 28.9. The minimum absolute atomic E-state index is 0. The molecule has 0 unspecified atom stereocenters. The normalized spacial score (nSPS) is 6.22. The van der Waals surface area contributed by atoms with Gasteiger partial charge in [-0.15, -0.1) is 67.9 Å². The van der Waals surface area contributed by atoms with Crippen molar-refractivity contribution in [1.82, 2.24) is 0 Å². The van der Waals surface area contributed by atoms with Gasteiger partial charge in [0.25, 0.3) is 0 Å². The van der Waals surface area contributed by atoms with Gasteiger partial charge in [-0.1, -0.05) is 53.4 Å². The first-order chi connectivity index (χ1) is 9.66. The summed E-state index contributed by atoms with van der Waals surface area (Å²) in [6.45, 7) is 9.58. The predicted molar refractivity (Wildman–Crippen MR) is 129 cm³/mol. The van der Waals surface area contributed by atoms with Crippen molar-refractivity contribution in [3.8, 4) is 0 Å². The van der Waals surface area contributed by atoms with Gasteiger partial charge >= 0.3 is 0 Å². The third kappa shape index (κ3) is 164. The first kappa shape index (κ1) is 69.8. The molecule has 0 saturated heterocycles. The summed E-state index contributed by atoms with van der Waals surface area (Å²) in [5.74, 6) is 0. The van der Waals surface area contributed by atoms with Crippen LogP contribution in [0.3, 0.4) is 0 Å². The molecule has 4 nitrogen and oxygen atoms in total. The van der Waals surface area contributed by atoms with Crippen LogP contribution in [0.1, 0.15) is 79.1 Å². The Morgan fingerprint density at radius 1 is 0.370 bits per heavy atom. The number of hydrogen-bond donors (Lipinski definition) is 4. The van der Waals surface area contributed by atoms with Crippen LogP contribution in [0.25, 0.3) is 0 Å². The van der Waals surface area contributed by atoms with Crippen LogP contribution >= 0.6 is 67.9 Å². The van der Waals surface area contributed by atoms with E-state index in [0.29, 0.717) is 26.4 Å². The van der Waals surface area contributed by atoms with E-state index in [9.17, 15) is 0 Å². The van der Waals surface area contributed by atoms with E-state index in [2.05, 4.69) is 27.7 Å². The van der Waals surface area contributed by atoms with Gasteiger partial charge in [-0.05, 0) is 25.7 Å². The van der Waals surface area contributed by atoms with E-state index in [1.807, 2.05) is 0 Å². The number of hydrogen-bond acceptors (Lipinski definition) is 4. The van der Waals surface area contributed by atoms with E-state index >= 15 is 0 Å². The van der Waals surface area contributed by atoms with Crippen molar-refractivity contribution in [2.75, 3.05) is 26.4 Å². The molecule has 0 aliphatic rings.